The first-order chi connectivity index (χ1) is 13.4. The number of nitrogen functional groups attached to an aromatic ring is 1. The SMILES string of the molecule is CCO.CCOC(=O)Nc1cc2c(c(N)n1)N=C(c1ccc(C)c(C)c1)CN2. The van der Waals surface area contributed by atoms with E-state index in [9.17, 15) is 4.79 Å². The molecule has 0 fully saturated rings. The molecule has 3 rings (SSSR count). The number of carbonyl (C=O) groups excluding carboxylic acids is 1. The largest absolute Gasteiger partial charge is 0.450 e. The summed E-state index contributed by atoms with van der Waals surface area (Å²) in [7, 11) is 0. The van der Waals surface area contributed by atoms with Gasteiger partial charge >= 0.3 is 6.09 Å². The maximum absolute atomic E-state index is 11.5. The number of nitrogens with zero attached hydrogens (tertiary/aromatic N) is 2. The van der Waals surface area contributed by atoms with E-state index in [2.05, 4.69) is 46.6 Å². The first-order valence-corrected chi connectivity index (χ1v) is 9.13. The zero-order valence-electron chi connectivity index (χ0n) is 16.7. The number of anilines is 3. The van der Waals surface area contributed by atoms with Gasteiger partial charge < -0.3 is 20.9 Å². The van der Waals surface area contributed by atoms with Gasteiger partial charge in [0.05, 0.1) is 24.6 Å². The second-order valence-corrected chi connectivity index (χ2v) is 6.16. The van der Waals surface area contributed by atoms with Crippen LogP contribution in [0.2, 0.25) is 0 Å². The van der Waals surface area contributed by atoms with E-state index in [1.165, 1.54) is 11.1 Å². The number of hydrogen-bond acceptors (Lipinski definition) is 7. The van der Waals surface area contributed by atoms with Gasteiger partial charge in [-0.25, -0.2) is 14.8 Å². The fourth-order valence-corrected chi connectivity index (χ4v) is 2.59. The molecule has 0 aliphatic carbocycles. The summed E-state index contributed by atoms with van der Waals surface area (Å²) < 4.78 is 4.85. The van der Waals surface area contributed by atoms with Gasteiger partial charge in [0.25, 0.3) is 0 Å². The number of ether oxygens (including phenoxy) is 1. The van der Waals surface area contributed by atoms with Crippen LogP contribution < -0.4 is 16.4 Å². The molecule has 0 saturated carbocycles. The van der Waals surface area contributed by atoms with Crippen molar-refractivity contribution in [3.8, 4) is 0 Å². The molecule has 1 aromatic heterocycles. The summed E-state index contributed by atoms with van der Waals surface area (Å²) in [6.45, 7) is 8.67. The van der Waals surface area contributed by atoms with Crippen LogP contribution in [0.1, 0.15) is 30.5 Å². The maximum atomic E-state index is 11.5. The fraction of sp³-hybridized carbons (Fsp3) is 0.350. The Morgan fingerprint density at radius 3 is 2.64 bits per heavy atom. The summed E-state index contributed by atoms with van der Waals surface area (Å²) in [4.78, 5) is 20.4. The molecule has 1 aliphatic heterocycles. The quantitative estimate of drug-likeness (QED) is 0.642. The topological polar surface area (TPSA) is 122 Å². The first kappa shape index (κ1) is 21.2. The highest BCUT2D eigenvalue weighted by atomic mass is 16.5. The van der Waals surface area contributed by atoms with E-state index in [-0.39, 0.29) is 19.0 Å². The van der Waals surface area contributed by atoms with Gasteiger partial charge in [-0.3, -0.25) is 5.32 Å². The molecule has 150 valence electrons. The standard InChI is InChI=1S/C18H21N5O2.C2H6O/c1-4-25-18(24)23-15-8-13-16(17(19)22-15)21-14(9-20-13)12-6-5-10(2)11(3)7-12;1-2-3/h5-8,20H,4,9H2,1-3H3,(H3,19,22,23,24);3H,2H2,1H3. The van der Waals surface area contributed by atoms with Gasteiger partial charge in [-0.05, 0) is 50.5 Å². The van der Waals surface area contributed by atoms with Crippen LogP contribution in [0.5, 0.6) is 0 Å². The van der Waals surface area contributed by atoms with Crippen LogP contribution >= 0.6 is 0 Å². The minimum Gasteiger partial charge on any atom is -0.450 e. The average molecular weight is 385 g/mol. The Labute approximate surface area is 164 Å². The normalized spacial score (nSPS) is 12.0. The zero-order chi connectivity index (χ0) is 20.7. The molecule has 1 aliphatic rings. The summed E-state index contributed by atoms with van der Waals surface area (Å²) in [6.07, 6.45) is -0.565. The van der Waals surface area contributed by atoms with Gasteiger partial charge in [0, 0.05) is 12.7 Å². The van der Waals surface area contributed by atoms with Crippen molar-refractivity contribution in [2.75, 3.05) is 36.1 Å². The Morgan fingerprint density at radius 2 is 2.00 bits per heavy atom. The summed E-state index contributed by atoms with van der Waals surface area (Å²) in [5.41, 5.74) is 11.7. The van der Waals surface area contributed by atoms with E-state index in [1.54, 1.807) is 19.9 Å². The van der Waals surface area contributed by atoms with Crippen LogP contribution in [0.25, 0.3) is 0 Å². The Morgan fingerprint density at radius 1 is 1.29 bits per heavy atom. The van der Waals surface area contributed by atoms with Crippen molar-refractivity contribution in [2.24, 2.45) is 4.99 Å². The molecule has 0 bridgehead atoms. The Kier molecular flexibility index (Phi) is 7.34. The lowest BCUT2D eigenvalue weighted by Gasteiger charge is -2.20. The molecule has 0 atom stereocenters. The number of rotatable bonds is 3. The zero-order valence-corrected chi connectivity index (χ0v) is 16.7. The number of aliphatic hydroxyl groups excluding tert-OH is 1. The van der Waals surface area contributed by atoms with Gasteiger partial charge in [0.2, 0.25) is 0 Å². The first-order valence-electron chi connectivity index (χ1n) is 9.13. The minimum absolute atomic E-state index is 0.248. The monoisotopic (exact) mass is 385 g/mol. The lowest BCUT2D eigenvalue weighted by Crippen LogP contribution is -2.21. The molecule has 2 aromatic rings. The predicted octanol–water partition coefficient (Wildman–Crippen LogP) is 3.39. The van der Waals surface area contributed by atoms with Crippen molar-refractivity contribution in [2.45, 2.75) is 27.7 Å². The minimum atomic E-state index is -0.565. The Hall–Kier alpha value is -3.13. The molecule has 5 N–H and O–H groups in total. The van der Waals surface area contributed by atoms with Crippen molar-refractivity contribution in [3.05, 3.63) is 41.0 Å². The number of carbonyl (C=O) groups is 1. The van der Waals surface area contributed by atoms with Crippen LogP contribution in [-0.2, 0) is 4.74 Å². The van der Waals surface area contributed by atoms with Crippen LogP contribution in [0, 0.1) is 13.8 Å². The molecular weight excluding hydrogens is 358 g/mol. The molecule has 28 heavy (non-hydrogen) atoms. The number of fused-ring (bicyclic) bond motifs is 1. The van der Waals surface area contributed by atoms with Crippen molar-refractivity contribution in [3.63, 3.8) is 0 Å². The van der Waals surface area contributed by atoms with Gasteiger partial charge in [0.15, 0.2) is 5.82 Å². The van der Waals surface area contributed by atoms with Crippen molar-refractivity contribution in [1.82, 2.24) is 4.98 Å². The maximum Gasteiger partial charge on any atom is 0.412 e. The second-order valence-electron chi connectivity index (χ2n) is 6.16. The van der Waals surface area contributed by atoms with Crippen LogP contribution in [0.3, 0.4) is 0 Å². The van der Waals surface area contributed by atoms with E-state index in [0.29, 0.717) is 18.1 Å². The molecule has 0 spiro atoms. The third kappa shape index (κ3) is 5.20. The summed E-state index contributed by atoms with van der Waals surface area (Å²) in [5, 5.41) is 13.4. The number of aliphatic hydroxyl groups is 1. The molecule has 8 nitrogen and oxygen atoms in total. The molecule has 1 amide bonds. The molecule has 8 heteroatoms. The van der Waals surface area contributed by atoms with E-state index in [0.717, 1.165) is 17.0 Å². The van der Waals surface area contributed by atoms with Crippen LogP contribution in [-0.4, -0.2) is 41.7 Å². The number of benzene rings is 1. The van der Waals surface area contributed by atoms with E-state index in [1.807, 2.05) is 6.07 Å². The molecular formula is C20H27N5O3. The molecule has 0 radical (unpaired) electrons. The third-order valence-electron chi connectivity index (χ3n) is 4.06. The van der Waals surface area contributed by atoms with Crippen LogP contribution in [0.15, 0.2) is 29.3 Å². The Balaban J connectivity index is 0.000000878. The van der Waals surface area contributed by atoms with Gasteiger partial charge in [0.1, 0.15) is 11.5 Å². The number of aromatic nitrogens is 1. The molecule has 1 aromatic carbocycles. The summed E-state index contributed by atoms with van der Waals surface area (Å²) >= 11 is 0. The number of nitrogens with one attached hydrogen (secondary N) is 2. The van der Waals surface area contributed by atoms with E-state index < -0.39 is 6.09 Å². The number of nitrogens with two attached hydrogens (primary N) is 1. The van der Waals surface area contributed by atoms with E-state index >= 15 is 0 Å². The highest BCUT2D eigenvalue weighted by Gasteiger charge is 2.18. The summed E-state index contributed by atoms with van der Waals surface area (Å²) in [6, 6.07) is 7.94. The van der Waals surface area contributed by atoms with Crippen molar-refractivity contribution >= 4 is 34.8 Å². The highest BCUT2D eigenvalue weighted by Crippen LogP contribution is 2.35. The van der Waals surface area contributed by atoms with Crippen molar-refractivity contribution in [1.29, 1.82) is 0 Å². The van der Waals surface area contributed by atoms with Gasteiger partial charge in [-0.15, -0.1) is 0 Å². The predicted molar refractivity (Wildman–Crippen MR) is 113 cm³/mol. The van der Waals surface area contributed by atoms with Gasteiger partial charge in [-0.1, -0.05) is 12.1 Å². The average Bonchev–Trinajstić information content (AvgIpc) is 2.64. The number of amides is 1. The highest BCUT2D eigenvalue weighted by molar-refractivity contribution is 6.08. The molecule has 0 unspecified atom stereocenters. The Bertz CT molecular complexity index is 880. The van der Waals surface area contributed by atoms with Crippen LogP contribution in [0.4, 0.5) is 27.8 Å². The van der Waals surface area contributed by atoms with Gasteiger partial charge in [-0.2, -0.15) is 0 Å². The smallest absolute Gasteiger partial charge is 0.412 e. The van der Waals surface area contributed by atoms with E-state index in [4.69, 9.17) is 15.6 Å². The number of hydrogen-bond donors (Lipinski definition) is 4. The number of pyridine rings is 1. The lowest BCUT2D eigenvalue weighted by atomic mass is 10.0. The number of aryl methyl sites for hydroxylation is 2. The third-order valence-corrected chi connectivity index (χ3v) is 4.06. The summed E-state index contributed by atoms with van der Waals surface area (Å²) in [5.74, 6) is 0.574. The second kappa shape index (κ2) is 9.70. The lowest BCUT2D eigenvalue weighted by molar-refractivity contribution is 0.168. The molecule has 0 saturated heterocycles. The molecule has 2 heterocycles. The van der Waals surface area contributed by atoms with Crippen molar-refractivity contribution < 1.29 is 14.6 Å². The number of aliphatic imine (C=N–C) groups is 1. The fourth-order valence-electron chi connectivity index (χ4n) is 2.59.